The van der Waals surface area contributed by atoms with Crippen molar-refractivity contribution in [3.05, 3.63) is 12.2 Å². The molecule has 64 valence electrons. The van der Waals surface area contributed by atoms with Crippen molar-refractivity contribution in [3.63, 3.8) is 0 Å². The van der Waals surface area contributed by atoms with Crippen molar-refractivity contribution in [1.82, 2.24) is 0 Å². The minimum Gasteiger partial charge on any atom is -0.386 e. The second kappa shape index (κ2) is 2.53. The Labute approximate surface area is 63.2 Å². The molecule has 1 rings (SSSR count). The van der Waals surface area contributed by atoms with Crippen LogP contribution >= 0.6 is 0 Å². The molecule has 0 radical (unpaired) electrons. The van der Waals surface area contributed by atoms with Crippen molar-refractivity contribution >= 4 is 0 Å². The molecule has 0 bridgehead atoms. The molecule has 0 spiro atoms. The summed E-state index contributed by atoms with van der Waals surface area (Å²) < 4.78 is 25.6. The van der Waals surface area contributed by atoms with E-state index in [2.05, 4.69) is 0 Å². The first-order chi connectivity index (χ1) is 4.96. The van der Waals surface area contributed by atoms with Crippen LogP contribution < -0.4 is 0 Å². The summed E-state index contributed by atoms with van der Waals surface area (Å²) in [5.41, 5.74) is 0. The van der Waals surface area contributed by atoms with Crippen LogP contribution in [-0.4, -0.2) is 28.3 Å². The SMILES string of the molecule is C[C@@H]1C=C[C@@H](O)[C@@H](O)C1(F)F. The van der Waals surface area contributed by atoms with E-state index in [-0.39, 0.29) is 0 Å². The van der Waals surface area contributed by atoms with Gasteiger partial charge in [0.25, 0.3) is 5.92 Å². The Balaban J connectivity index is 2.88. The summed E-state index contributed by atoms with van der Waals surface area (Å²) in [4.78, 5) is 0. The van der Waals surface area contributed by atoms with Gasteiger partial charge in [-0.25, -0.2) is 8.78 Å². The zero-order chi connectivity index (χ0) is 8.65. The minimum absolute atomic E-state index is 1.01. The van der Waals surface area contributed by atoms with E-state index in [0.29, 0.717) is 0 Å². The third-order valence-electron chi connectivity index (χ3n) is 1.92. The molecule has 0 aromatic heterocycles. The van der Waals surface area contributed by atoms with Crippen LogP contribution in [0.2, 0.25) is 0 Å². The van der Waals surface area contributed by atoms with E-state index in [1.807, 2.05) is 0 Å². The molecule has 0 aliphatic heterocycles. The number of alkyl halides is 2. The van der Waals surface area contributed by atoms with Crippen LogP contribution in [0.1, 0.15) is 6.92 Å². The van der Waals surface area contributed by atoms with Gasteiger partial charge in [-0.05, 0) is 0 Å². The van der Waals surface area contributed by atoms with E-state index in [4.69, 9.17) is 10.2 Å². The Morgan fingerprint density at radius 3 is 2.27 bits per heavy atom. The molecule has 0 heterocycles. The van der Waals surface area contributed by atoms with Crippen molar-refractivity contribution in [2.24, 2.45) is 5.92 Å². The predicted molar refractivity (Wildman–Crippen MR) is 35.3 cm³/mol. The Morgan fingerprint density at radius 2 is 1.82 bits per heavy atom. The number of allylic oxidation sites excluding steroid dienone is 1. The van der Waals surface area contributed by atoms with Crippen molar-refractivity contribution in [2.45, 2.75) is 25.1 Å². The Kier molecular flexibility index (Phi) is 1.98. The molecule has 2 N–H and O–H groups in total. The summed E-state index contributed by atoms with van der Waals surface area (Å²) in [6.45, 7) is 1.30. The summed E-state index contributed by atoms with van der Waals surface area (Å²) in [5.74, 6) is -4.23. The second-order valence-corrected chi connectivity index (χ2v) is 2.78. The summed E-state index contributed by atoms with van der Waals surface area (Å²) in [6, 6.07) is 0. The van der Waals surface area contributed by atoms with Gasteiger partial charge in [0.15, 0.2) is 0 Å². The second-order valence-electron chi connectivity index (χ2n) is 2.78. The van der Waals surface area contributed by atoms with Gasteiger partial charge < -0.3 is 10.2 Å². The number of halogens is 2. The van der Waals surface area contributed by atoms with Gasteiger partial charge in [-0.2, -0.15) is 0 Å². The Bertz CT molecular complexity index is 179. The molecular weight excluding hydrogens is 154 g/mol. The highest BCUT2D eigenvalue weighted by molar-refractivity contribution is 5.09. The lowest BCUT2D eigenvalue weighted by atomic mass is 9.89. The zero-order valence-corrected chi connectivity index (χ0v) is 6.04. The molecule has 0 aromatic carbocycles. The summed E-state index contributed by atoms with van der Waals surface area (Å²) in [7, 11) is 0. The lowest BCUT2D eigenvalue weighted by Gasteiger charge is -2.32. The number of hydrogen-bond acceptors (Lipinski definition) is 2. The van der Waals surface area contributed by atoms with E-state index in [9.17, 15) is 8.78 Å². The predicted octanol–water partition coefficient (Wildman–Crippen LogP) is 0.549. The van der Waals surface area contributed by atoms with Gasteiger partial charge in [-0.3, -0.25) is 0 Å². The normalized spacial score (nSPS) is 42.5. The smallest absolute Gasteiger partial charge is 0.282 e. The number of rotatable bonds is 0. The van der Waals surface area contributed by atoms with Crippen molar-refractivity contribution in [3.8, 4) is 0 Å². The van der Waals surface area contributed by atoms with Crippen LogP contribution in [0, 0.1) is 5.92 Å². The van der Waals surface area contributed by atoms with Crippen LogP contribution in [-0.2, 0) is 0 Å². The monoisotopic (exact) mass is 164 g/mol. The van der Waals surface area contributed by atoms with E-state index in [1.165, 1.54) is 19.1 Å². The summed E-state index contributed by atoms with van der Waals surface area (Å²) in [5, 5.41) is 17.6. The Hall–Kier alpha value is -0.480. The lowest BCUT2D eigenvalue weighted by Crippen LogP contribution is -2.48. The van der Waals surface area contributed by atoms with Crippen LogP contribution in [0.25, 0.3) is 0 Å². The van der Waals surface area contributed by atoms with Gasteiger partial charge in [0.2, 0.25) is 0 Å². The molecule has 0 saturated carbocycles. The van der Waals surface area contributed by atoms with Gasteiger partial charge in [-0.1, -0.05) is 19.1 Å². The van der Waals surface area contributed by atoms with Crippen LogP contribution in [0.3, 0.4) is 0 Å². The van der Waals surface area contributed by atoms with Gasteiger partial charge in [0, 0.05) is 5.92 Å². The molecule has 0 fully saturated rings. The van der Waals surface area contributed by atoms with Crippen molar-refractivity contribution < 1.29 is 19.0 Å². The summed E-state index contributed by atoms with van der Waals surface area (Å²) >= 11 is 0. The maximum Gasteiger partial charge on any atom is 0.282 e. The van der Waals surface area contributed by atoms with Crippen LogP contribution in [0.5, 0.6) is 0 Å². The van der Waals surface area contributed by atoms with Crippen molar-refractivity contribution in [1.29, 1.82) is 0 Å². The fourth-order valence-electron chi connectivity index (χ4n) is 1.01. The highest BCUT2D eigenvalue weighted by Gasteiger charge is 2.48. The number of aliphatic hydroxyl groups excluding tert-OH is 2. The molecule has 11 heavy (non-hydrogen) atoms. The number of hydrogen-bond donors (Lipinski definition) is 2. The van der Waals surface area contributed by atoms with Crippen LogP contribution in [0.4, 0.5) is 8.78 Å². The van der Waals surface area contributed by atoms with E-state index >= 15 is 0 Å². The van der Waals surface area contributed by atoms with Gasteiger partial charge in [0.1, 0.15) is 12.2 Å². The molecule has 0 aromatic rings. The molecule has 0 amide bonds. The molecule has 2 nitrogen and oxygen atoms in total. The van der Waals surface area contributed by atoms with E-state index in [1.54, 1.807) is 0 Å². The minimum atomic E-state index is -3.21. The largest absolute Gasteiger partial charge is 0.386 e. The Morgan fingerprint density at radius 1 is 1.27 bits per heavy atom. The molecule has 0 saturated heterocycles. The first-order valence-corrected chi connectivity index (χ1v) is 3.38. The summed E-state index contributed by atoms with van der Waals surface area (Å²) in [6.07, 6.45) is -1.02. The fourth-order valence-corrected chi connectivity index (χ4v) is 1.01. The van der Waals surface area contributed by atoms with E-state index < -0.39 is 24.0 Å². The molecule has 4 heteroatoms. The molecule has 1 aliphatic rings. The van der Waals surface area contributed by atoms with E-state index in [0.717, 1.165) is 0 Å². The first kappa shape index (κ1) is 8.62. The number of aliphatic hydroxyl groups is 2. The quantitative estimate of drug-likeness (QED) is 0.513. The fraction of sp³-hybridized carbons (Fsp3) is 0.714. The van der Waals surface area contributed by atoms with Gasteiger partial charge in [-0.15, -0.1) is 0 Å². The molecule has 0 unspecified atom stereocenters. The highest BCUT2D eigenvalue weighted by Crippen LogP contribution is 2.34. The maximum absolute atomic E-state index is 12.8. The van der Waals surface area contributed by atoms with Crippen molar-refractivity contribution in [2.75, 3.05) is 0 Å². The highest BCUT2D eigenvalue weighted by atomic mass is 19.3. The molecule has 3 atom stereocenters. The molecule has 1 aliphatic carbocycles. The average molecular weight is 164 g/mol. The molecular formula is C7H10F2O2. The van der Waals surface area contributed by atoms with Gasteiger partial charge >= 0.3 is 0 Å². The zero-order valence-electron chi connectivity index (χ0n) is 6.04. The third-order valence-corrected chi connectivity index (χ3v) is 1.92. The first-order valence-electron chi connectivity index (χ1n) is 3.38. The standard InChI is InChI=1S/C7H10F2O2/c1-4-2-3-5(10)6(11)7(4,8)9/h2-6,10-11H,1H3/t4-,5-,6-/m1/s1. The average Bonchev–Trinajstić information content (AvgIpc) is 1.95. The lowest BCUT2D eigenvalue weighted by molar-refractivity contribution is -0.167. The maximum atomic E-state index is 12.8. The van der Waals surface area contributed by atoms with Gasteiger partial charge in [0.05, 0.1) is 0 Å². The van der Waals surface area contributed by atoms with Crippen LogP contribution in [0.15, 0.2) is 12.2 Å². The topological polar surface area (TPSA) is 40.5 Å². The third kappa shape index (κ3) is 1.28.